The van der Waals surface area contributed by atoms with Crippen molar-refractivity contribution in [2.75, 3.05) is 19.6 Å². The standard InChI is InChI=1S/C14H24N2O4/c1-10(2)6-11(7-14(19)20)8-15-12(17)9-16-5-3-4-13(16)18/h10-11H,3-9H2,1-2H3,(H,15,17)(H,19,20)/t11-/m0/s1. The average molecular weight is 284 g/mol. The van der Waals surface area contributed by atoms with E-state index in [0.717, 1.165) is 12.8 Å². The van der Waals surface area contributed by atoms with Gasteiger partial charge in [0.15, 0.2) is 0 Å². The Hall–Kier alpha value is -1.59. The Labute approximate surface area is 119 Å². The monoisotopic (exact) mass is 284 g/mol. The smallest absolute Gasteiger partial charge is 0.303 e. The van der Waals surface area contributed by atoms with E-state index in [-0.39, 0.29) is 30.7 Å². The second-order valence-corrected chi connectivity index (χ2v) is 5.82. The summed E-state index contributed by atoms with van der Waals surface area (Å²) in [6, 6.07) is 0. The highest BCUT2D eigenvalue weighted by Crippen LogP contribution is 2.15. The van der Waals surface area contributed by atoms with Gasteiger partial charge in [-0.05, 0) is 24.7 Å². The van der Waals surface area contributed by atoms with Crippen molar-refractivity contribution in [3.63, 3.8) is 0 Å². The van der Waals surface area contributed by atoms with Gasteiger partial charge in [-0.25, -0.2) is 0 Å². The molecule has 1 saturated heterocycles. The van der Waals surface area contributed by atoms with E-state index >= 15 is 0 Å². The van der Waals surface area contributed by atoms with Crippen LogP contribution in [0.3, 0.4) is 0 Å². The Kier molecular flexibility index (Phi) is 6.48. The zero-order valence-corrected chi connectivity index (χ0v) is 12.2. The maximum Gasteiger partial charge on any atom is 0.303 e. The van der Waals surface area contributed by atoms with Gasteiger partial charge in [0.05, 0.1) is 6.54 Å². The fraction of sp³-hybridized carbons (Fsp3) is 0.786. The molecule has 6 heteroatoms. The molecule has 1 rings (SSSR count). The highest BCUT2D eigenvalue weighted by atomic mass is 16.4. The van der Waals surface area contributed by atoms with Crippen LogP contribution in [0.1, 0.15) is 39.5 Å². The number of carbonyl (C=O) groups is 3. The van der Waals surface area contributed by atoms with E-state index in [1.807, 2.05) is 13.8 Å². The average Bonchev–Trinajstić information content (AvgIpc) is 2.70. The van der Waals surface area contributed by atoms with Crippen molar-refractivity contribution in [2.24, 2.45) is 11.8 Å². The van der Waals surface area contributed by atoms with Crippen molar-refractivity contribution >= 4 is 17.8 Å². The summed E-state index contributed by atoms with van der Waals surface area (Å²) < 4.78 is 0. The molecule has 0 spiro atoms. The van der Waals surface area contributed by atoms with Crippen LogP contribution < -0.4 is 5.32 Å². The van der Waals surface area contributed by atoms with Gasteiger partial charge in [0.1, 0.15) is 0 Å². The lowest BCUT2D eigenvalue weighted by Gasteiger charge is -2.19. The molecule has 0 aromatic rings. The number of amides is 2. The molecular formula is C14H24N2O4. The van der Waals surface area contributed by atoms with Crippen LogP contribution in [0.25, 0.3) is 0 Å². The van der Waals surface area contributed by atoms with E-state index in [4.69, 9.17) is 5.11 Å². The van der Waals surface area contributed by atoms with Gasteiger partial charge in [-0.2, -0.15) is 0 Å². The Balaban J connectivity index is 2.35. The molecule has 1 aliphatic rings. The van der Waals surface area contributed by atoms with Gasteiger partial charge in [-0.3, -0.25) is 14.4 Å². The minimum atomic E-state index is -0.848. The summed E-state index contributed by atoms with van der Waals surface area (Å²) in [5.41, 5.74) is 0. The second-order valence-electron chi connectivity index (χ2n) is 5.82. The van der Waals surface area contributed by atoms with Crippen molar-refractivity contribution in [1.82, 2.24) is 10.2 Å². The molecule has 0 unspecified atom stereocenters. The number of carboxylic acids is 1. The lowest BCUT2D eigenvalue weighted by atomic mass is 9.94. The van der Waals surface area contributed by atoms with Crippen molar-refractivity contribution < 1.29 is 19.5 Å². The van der Waals surface area contributed by atoms with Crippen LogP contribution in [0, 0.1) is 11.8 Å². The topological polar surface area (TPSA) is 86.7 Å². The van der Waals surface area contributed by atoms with Crippen LogP contribution in [-0.4, -0.2) is 47.4 Å². The van der Waals surface area contributed by atoms with E-state index in [1.165, 1.54) is 0 Å². The number of carbonyl (C=O) groups excluding carboxylic acids is 2. The third-order valence-electron chi connectivity index (χ3n) is 3.36. The van der Waals surface area contributed by atoms with E-state index in [1.54, 1.807) is 4.90 Å². The zero-order valence-electron chi connectivity index (χ0n) is 12.2. The van der Waals surface area contributed by atoms with E-state index in [0.29, 0.717) is 25.4 Å². The van der Waals surface area contributed by atoms with E-state index < -0.39 is 5.97 Å². The third kappa shape index (κ3) is 6.04. The van der Waals surface area contributed by atoms with Crippen LogP contribution in [-0.2, 0) is 14.4 Å². The summed E-state index contributed by atoms with van der Waals surface area (Å²) >= 11 is 0. The Morgan fingerprint density at radius 2 is 2.10 bits per heavy atom. The molecule has 0 saturated carbocycles. The number of aliphatic carboxylic acids is 1. The minimum Gasteiger partial charge on any atom is -0.481 e. The first-order chi connectivity index (χ1) is 9.38. The van der Waals surface area contributed by atoms with Crippen LogP contribution >= 0.6 is 0 Å². The molecule has 20 heavy (non-hydrogen) atoms. The summed E-state index contributed by atoms with van der Waals surface area (Å²) in [4.78, 5) is 35.5. The summed E-state index contributed by atoms with van der Waals surface area (Å²) in [5, 5.41) is 11.6. The van der Waals surface area contributed by atoms with Crippen molar-refractivity contribution in [3.05, 3.63) is 0 Å². The highest BCUT2D eigenvalue weighted by Gasteiger charge is 2.23. The number of nitrogens with one attached hydrogen (secondary N) is 1. The number of likely N-dealkylation sites (tertiary alicyclic amines) is 1. The highest BCUT2D eigenvalue weighted by molar-refractivity contribution is 5.85. The quantitative estimate of drug-likeness (QED) is 0.692. The summed E-state index contributed by atoms with van der Waals surface area (Å²) in [7, 11) is 0. The van der Waals surface area contributed by atoms with Crippen molar-refractivity contribution in [2.45, 2.75) is 39.5 Å². The SMILES string of the molecule is CC(C)C[C@H](CNC(=O)CN1CCCC1=O)CC(=O)O. The molecule has 0 aromatic carbocycles. The number of carboxylic acid groups (broad SMARTS) is 1. The number of rotatable bonds is 8. The minimum absolute atomic E-state index is 0.0180. The largest absolute Gasteiger partial charge is 0.481 e. The van der Waals surface area contributed by atoms with Gasteiger partial charge in [-0.1, -0.05) is 13.8 Å². The van der Waals surface area contributed by atoms with Gasteiger partial charge in [0.2, 0.25) is 11.8 Å². The third-order valence-corrected chi connectivity index (χ3v) is 3.36. The lowest BCUT2D eigenvalue weighted by molar-refractivity contribution is -0.138. The summed E-state index contributed by atoms with van der Waals surface area (Å²) in [6.07, 6.45) is 2.14. The molecule has 0 aliphatic carbocycles. The van der Waals surface area contributed by atoms with Gasteiger partial charge in [-0.15, -0.1) is 0 Å². The van der Waals surface area contributed by atoms with Crippen molar-refractivity contribution in [1.29, 1.82) is 0 Å². The molecule has 1 fully saturated rings. The van der Waals surface area contributed by atoms with Crippen LogP contribution in [0.5, 0.6) is 0 Å². The van der Waals surface area contributed by atoms with Crippen molar-refractivity contribution in [3.8, 4) is 0 Å². The Bertz CT molecular complexity index is 368. The fourth-order valence-corrected chi connectivity index (χ4v) is 2.51. The molecule has 6 nitrogen and oxygen atoms in total. The molecule has 0 bridgehead atoms. The molecular weight excluding hydrogens is 260 g/mol. The van der Waals surface area contributed by atoms with Crippen LogP contribution in [0.15, 0.2) is 0 Å². The first kappa shape index (κ1) is 16.5. The molecule has 2 N–H and O–H groups in total. The normalized spacial score (nSPS) is 16.6. The van der Waals surface area contributed by atoms with Gasteiger partial charge in [0, 0.05) is 25.9 Å². The maximum atomic E-state index is 11.8. The van der Waals surface area contributed by atoms with Gasteiger partial charge in [0.25, 0.3) is 0 Å². The number of hydrogen-bond acceptors (Lipinski definition) is 3. The van der Waals surface area contributed by atoms with Crippen LogP contribution in [0.4, 0.5) is 0 Å². The molecule has 1 atom stereocenters. The van der Waals surface area contributed by atoms with Gasteiger partial charge < -0.3 is 15.3 Å². The Morgan fingerprint density at radius 3 is 2.60 bits per heavy atom. The first-order valence-corrected chi connectivity index (χ1v) is 7.14. The first-order valence-electron chi connectivity index (χ1n) is 7.14. The lowest BCUT2D eigenvalue weighted by Crippen LogP contribution is -2.40. The molecule has 1 aliphatic heterocycles. The summed E-state index contributed by atoms with van der Waals surface area (Å²) in [6.45, 7) is 5.13. The molecule has 0 radical (unpaired) electrons. The van der Waals surface area contributed by atoms with Crippen LogP contribution in [0.2, 0.25) is 0 Å². The maximum absolute atomic E-state index is 11.8. The molecule has 2 amide bonds. The number of hydrogen-bond donors (Lipinski definition) is 2. The Morgan fingerprint density at radius 1 is 1.40 bits per heavy atom. The molecule has 114 valence electrons. The second kappa shape index (κ2) is 7.87. The summed E-state index contributed by atoms with van der Waals surface area (Å²) in [5.74, 6) is -0.717. The molecule has 0 aromatic heterocycles. The predicted molar refractivity (Wildman–Crippen MR) is 74.0 cm³/mol. The number of nitrogens with zero attached hydrogens (tertiary/aromatic N) is 1. The van der Waals surface area contributed by atoms with Gasteiger partial charge >= 0.3 is 5.97 Å². The van der Waals surface area contributed by atoms with E-state index in [2.05, 4.69) is 5.32 Å². The van der Waals surface area contributed by atoms with E-state index in [9.17, 15) is 14.4 Å². The predicted octanol–water partition coefficient (Wildman–Crippen LogP) is 0.862. The zero-order chi connectivity index (χ0) is 15.1. The molecule has 1 heterocycles. The fourth-order valence-electron chi connectivity index (χ4n) is 2.51.